The highest BCUT2D eigenvalue weighted by molar-refractivity contribution is 6.32. The Kier molecular flexibility index (Phi) is 6.47. The Balaban J connectivity index is 1.46. The maximum absolute atomic E-state index is 12.9. The van der Waals surface area contributed by atoms with E-state index in [1.807, 2.05) is 0 Å². The lowest BCUT2D eigenvalue weighted by Crippen LogP contribution is -2.31. The van der Waals surface area contributed by atoms with Gasteiger partial charge < -0.3 is 4.74 Å². The largest absolute Gasteiger partial charge is 0.454 e. The molecule has 9 nitrogen and oxygen atoms in total. The third-order valence-electron chi connectivity index (χ3n) is 6.33. The molecule has 3 atom stereocenters. The molecule has 0 N–H and O–H groups in total. The second-order valence-corrected chi connectivity index (χ2v) is 9.02. The lowest BCUT2D eigenvalue weighted by molar-refractivity contribution is -0.384. The number of carbonyl (C=O) groups is 4. The Hall–Kier alpha value is -3.59. The van der Waals surface area contributed by atoms with Crippen LogP contribution < -0.4 is 4.90 Å². The van der Waals surface area contributed by atoms with Crippen LogP contribution in [0.2, 0.25) is 5.02 Å². The van der Waals surface area contributed by atoms with Gasteiger partial charge in [0.25, 0.3) is 5.69 Å². The van der Waals surface area contributed by atoms with Crippen molar-refractivity contribution in [3.63, 3.8) is 0 Å². The second-order valence-electron chi connectivity index (χ2n) is 8.62. The predicted molar refractivity (Wildman–Crippen MR) is 122 cm³/mol. The number of ketones is 1. The number of anilines is 1. The molecule has 2 fully saturated rings. The van der Waals surface area contributed by atoms with E-state index in [1.54, 1.807) is 6.07 Å². The normalized spacial score (nSPS) is 21.8. The predicted octanol–water partition coefficient (Wildman–Crippen LogP) is 4.21. The van der Waals surface area contributed by atoms with Crippen molar-refractivity contribution in [1.82, 2.24) is 0 Å². The van der Waals surface area contributed by atoms with Gasteiger partial charge in [0.1, 0.15) is 5.02 Å². The lowest BCUT2D eigenvalue weighted by atomic mass is 9.76. The number of rotatable bonds is 6. The Labute approximate surface area is 199 Å². The summed E-state index contributed by atoms with van der Waals surface area (Å²) in [6.45, 7) is 1.42. The maximum Gasteiger partial charge on any atom is 0.338 e. The van der Waals surface area contributed by atoms with Crippen LogP contribution in [-0.4, -0.2) is 35.1 Å². The average Bonchev–Trinajstić information content (AvgIpc) is 3.06. The Morgan fingerprint density at radius 3 is 2.56 bits per heavy atom. The summed E-state index contributed by atoms with van der Waals surface area (Å²) >= 11 is 5.75. The van der Waals surface area contributed by atoms with E-state index >= 15 is 0 Å². The minimum Gasteiger partial charge on any atom is -0.454 e. The smallest absolute Gasteiger partial charge is 0.338 e. The maximum atomic E-state index is 12.9. The van der Waals surface area contributed by atoms with Crippen LogP contribution in [0, 0.1) is 27.9 Å². The highest BCUT2D eigenvalue weighted by atomic mass is 35.5. The Bertz CT molecular complexity index is 1210. The quantitative estimate of drug-likeness (QED) is 0.198. The summed E-state index contributed by atoms with van der Waals surface area (Å²) in [5, 5.41) is 10.9. The van der Waals surface area contributed by atoms with Gasteiger partial charge in [-0.15, -0.1) is 0 Å². The molecular formula is C24H21ClN2O7. The highest BCUT2D eigenvalue weighted by Crippen LogP contribution is 2.42. The third-order valence-corrected chi connectivity index (χ3v) is 6.65. The number of ether oxygens (including phenoxy) is 1. The van der Waals surface area contributed by atoms with Crippen molar-refractivity contribution in [2.24, 2.45) is 17.8 Å². The number of amides is 2. The topological polar surface area (TPSA) is 124 Å². The number of nitro groups is 1. The fourth-order valence-electron chi connectivity index (χ4n) is 4.54. The van der Waals surface area contributed by atoms with Gasteiger partial charge >= 0.3 is 5.97 Å². The molecule has 34 heavy (non-hydrogen) atoms. The van der Waals surface area contributed by atoms with Crippen molar-refractivity contribution in [2.75, 3.05) is 11.5 Å². The minimum atomic E-state index is -0.830. The van der Waals surface area contributed by atoms with Crippen molar-refractivity contribution in [3.8, 4) is 0 Å². The average molecular weight is 485 g/mol. The molecule has 1 saturated heterocycles. The number of esters is 1. The number of imide groups is 1. The van der Waals surface area contributed by atoms with Gasteiger partial charge in [-0.05, 0) is 55.5 Å². The zero-order valence-corrected chi connectivity index (χ0v) is 19.0. The molecule has 0 radical (unpaired) electrons. The van der Waals surface area contributed by atoms with Gasteiger partial charge in [-0.25, -0.2) is 4.79 Å². The van der Waals surface area contributed by atoms with Crippen molar-refractivity contribution >= 4 is 46.5 Å². The summed E-state index contributed by atoms with van der Waals surface area (Å²) in [6.07, 6.45) is 2.23. The number of benzene rings is 2. The number of carbonyl (C=O) groups excluding carboxylic acids is 4. The van der Waals surface area contributed by atoms with Crippen LogP contribution in [-0.2, 0) is 14.3 Å². The van der Waals surface area contributed by atoms with Crippen LogP contribution in [0.15, 0.2) is 42.5 Å². The van der Waals surface area contributed by atoms with Crippen LogP contribution in [0.25, 0.3) is 0 Å². The molecule has 2 aromatic carbocycles. The molecular weight excluding hydrogens is 464 g/mol. The van der Waals surface area contributed by atoms with Crippen molar-refractivity contribution < 1.29 is 28.8 Å². The first-order valence-corrected chi connectivity index (χ1v) is 11.2. The first-order valence-electron chi connectivity index (χ1n) is 10.8. The molecule has 0 spiro atoms. The van der Waals surface area contributed by atoms with E-state index < -0.39 is 29.0 Å². The molecule has 1 aliphatic heterocycles. The van der Waals surface area contributed by atoms with Crippen LogP contribution in [0.1, 0.15) is 46.9 Å². The van der Waals surface area contributed by atoms with Crippen molar-refractivity contribution in [1.29, 1.82) is 0 Å². The molecule has 2 amide bonds. The number of nitrogens with zero attached hydrogens (tertiary/aromatic N) is 2. The van der Waals surface area contributed by atoms with Crippen LogP contribution >= 0.6 is 11.6 Å². The monoisotopic (exact) mass is 484 g/mol. The van der Waals surface area contributed by atoms with E-state index in [9.17, 15) is 29.3 Å². The molecule has 0 bridgehead atoms. The molecule has 1 heterocycles. The highest BCUT2D eigenvalue weighted by Gasteiger charge is 2.50. The fourth-order valence-corrected chi connectivity index (χ4v) is 4.73. The van der Waals surface area contributed by atoms with E-state index in [1.165, 1.54) is 30.3 Å². The number of fused-ring (bicyclic) bond motifs is 1. The molecule has 0 unspecified atom stereocenters. The summed E-state index contributed by atoms with van der Waals surface area (Å²) in [5.74, 6) is -2.29. The van der Waals surface area contributed by atoms with E-state index in [4.69, 9.17) is 16.3 Å². The first-order chi connectivity index (χ1) is 16.2. The van der Waals surface area contributed by atoms with E-state index in [2.05, 4.69) is 6.92 Å². The van der Waals surface area contributed by atoms with Gasteiger partial charge in [-0.3, -0.25) is 29.4 Å². The van der Waals surface area contributed by atoms with E-state index in [-0.39, 0.29) is 45.5 Å². The summed E-state index contributed by atoms with van der Waals surface area (Å²) < 4.78 is 5.08. The molecule has 176 valence electrons. The first kappa shape index (κ1) is 23.6. The summed E-state index contributed by atoms with van der Waals surface area (Å²) in [5.41, 5.74) is -0.105. The van der Waals surface area contributed by atoms with Crippen LogP contribution in [0.3, 0.4) is 0 Å². The summed E-state index contributed by atoms with van der Waals surface area (Å²) in [7, 11) is 0. The van der Waals surface area contributed by atoms with Gasteiger partial charge in [0, 0.05) is 11.6 Å². The van der Waals surface area contributed by atoms with Crippen LogP contribution in [0.5, 0.6) is 0 Å². The number of hydrogen-bond donors (Lipinski definition) is 0. The summed E-state index contributed by atoms with van der Waals surface area (Å²) in [4.78, 5) is 62.2. The zero-order valence-electron chi connectivity index (χ0n) is 18.2. The Morgan fingerprint density at radius 1 is 1.09 bits per heavy atom. The van der Waals surface area contributed by atoms with Gasteiger partial charge in [-0.1, -0.05) is 24.6 Å². The van der Waals surface area contributed by atoms with Crippen molar-refractivity contribution in [2.45, 2.75) is 26.2 Å². The van der Waals surface area contributed by atoms with Crippen molar-refractivity contribution in [3.05, 3.63) is 68.7 Å². The van der Waals surface area contributed by atoms with E-state index in [0.717, 1.165) is 17.4 Å². The SMILES string of the molecule is C[C@@H]1CC[C@@H]2C(=O)N(c3cccc(C(=O)OCC(=O)c4ccc(Cl)c([N+](=O)[O-])c4)c3)C(=O)[C@@H]2C1. The van der Waals surface area contributed by atoms with Crippen LogP contribution in [0.4, 0.5) is 11.4 Å². The molecule has 2 aliphatic rings. The third kappa shape index (κ3) is 4.43. The minimum absolute atomic E-state index is 0.0252. The molecule has 2 aromatic rings. The van der Waals surface area contributed by atoms with Gasteiger partial charge in [0.05, 0.1) is 28.0 Å². The summed E-state index contributed by atoms with van der Waals surface area (Å²) in [6, 6.07) is 9.48. The van der Waals surface area contributed by atoms with E-state index in [0.29, 0.717) is 18.8 Å². The molecule has 10 heteroatoms. The molecule has 4 rings (SSSR count). The van der Waals surface area contributed by atoms with Gasteiger partial charge in [0.2, 0.25) is 17.6 Å². The molecule has 1 aliphatic carbocycles. The molecule has 0 aromatic heterocycles. The number of halogens is 1. The van der Waals surface area contributed by atoms with Gasteiger partial charge in [0.15, 0.2) is 6.61 Å². The number of nitro benzene ring substituents is 1. The van der Waals surface area contributed by atoms with Gasteiger partial charge in [-0.2, -0.15) is 0 Å². The number of hydrogen-bond acceptors (Lipinski definition) is 7. The Morgan fingerprint density at radius 2 is 1.82 bits per heavy atom. The lowest BCUT2D eigenvalue weighted by Gasteiger charge is -2.25. The number of Topliss-reactive ketones (excluding diaryl/α,β-unsaturated/α-hetero) is 1. The zero-order chi connectivity index (χ0) is 24.6. The standard InChI is InChI=1S/C24H21ClN2O7/c1-13-5-7-17-18(9-13)23(30)26(22(17)29)16-4-2-3-15(10-16)24(31)34-12-21(28)14-6-8-19(25)20(11-14)27(32)33/h2-4,6,8,10-11,13,17-18H,5,7,9,12H2,1H3/t13-,17+,18-/m1/s1. The fraction of sp³-hybridized carbons (Fsp3) is 0.333. The molecule has 1 saturated carbocycles. The second kappa shape index (κ2) is 9.34.